The molecule has 0 spiro atoms. The summed E-state index contributed by atoms with van der Waals surface area (Å²) in [7, 11) is 0. The minimum Gasteiger partial charge on any atom is -0.378 e. The summed E-state index contributed by atoms with van der Waals surface area (Å²) in [6, 6.07) is 6.08. The van der Waals surface area contributed by atoms with E-state index in [-0.39, 0.29) is 30.0 Å². The summed E-state index contributed by atoms with van der Waals surface area (Å²) in [4.78, 5) is 11.8. The van der Waals surface area contributed by atoms with E-state index < -0.39 is 5.82 Å². The van der Waals surface area contributed by atoms with Crippen molar-refractivity contribution in [3.8, 4) is 6.07 Å². The lowest BCUT2D eigenvalue weighted by Crippen LogP contribution is -2.30. The second-order valence-corrected chi connectivity index (χ2v) is 4.71. The third-order valence-corrected chi connectivity index (χ3v) is 3.20. The number of hydrogen-bond acceptors (Lipinski definition) is 3. The molecule has 2 rings (SSSR count). The van der Waals surface area contributed by atoms with Crippen molar-refractivity contribution in [3.63, 3.8) is 0 Å². The highest BCUT2D eigenvalue weighted by Gasteiger charge is 2.27. The molecule has 2 unspecified atom stereocenters. The van der Waals surface area contributed by atoms with Crippen molar-refractivity contribution in [3.05, 3.63) is 35.1 Å². The van der Waals surface area contributed by atoms with E-state index in [2.05, 4.69) is 5.32 Å². The van der Waals surface area contributed by atoms with Crippen molar-refractivity contribution in [1.29, 1.82) is 5.26 Å². The molecule has 100 valence electrons. The molecule has 1 aromatic rings. The first-order valence-electron chi connectivity index (χ1n) is 6.18. The molecule has 1 aliphatic heterocycles. The smallest absolute Gasteiger partial charge is 0.225 e. The molecule has 0 saturated carbocycles. The van der Waals surface area contributed by atoms with Gasteiger partial charge in [0.25, 0.3) is 0 Å². The Balaban J connectivity index is 1.92. The highest BCUT2D eigenvalue weighted by Crippen LogP contribution is 2.19. The summed E-state index contributed by atoms with van der Waals surface area (Å²) < 4.78 is 18.9. The highest BCUT2D eigenvalue weighted by atomic mass is 19.1. The zero-order valence-electron chi connectivity index (χ0n) is 10.6. The van der Waals surface area contributed by atoms with E-state index in [0.717, 1.165) is 0 Å². The number of ether oxygens (including phenoxy) is 1. The molecule has 0 aliphatic carbocycles. The van der Waals surface area contributed by atoms with Crippen molar-refractivity contribution in [2.45, 2.75) is 26.0 Å². The first-order valence-corrected chi connectivity index (χ1v) is 6.18. The molecule has 1 amide bonds. The molecule has 4 nitrogen and oxygen atoms in total. The molecule has 1 fully saturated rings. The predicted molar refractivity (Wildman–Crippen MR) is 66.5 cm³/mol. The fourth-order valence-electron chi connectivity index (χ4n) is 2.09. The third-order valence-electron chi connectivity index (χ3n) is 3.20. The van der Waals surface area contributed by atoms with E-state index in [1.54, 1.807) is 0 Å². The van der Waals surface area contributed by atoms with Crippen LogP contribution in [-0.2, 0) is 16.1 Å². The SMILES string of the molecule is CC1CC(C(=O)NCc2ccc(C#N)cc2F)CO1. The molecule has 1 N–H and O–H groups in total. The monoisotopic (exact) mass is 262 g/mol. The summed E-state index contributed by atoms with van der Waals surface area (Å²) in [5.41, 5.74) is 0.643. The molecule has 0 radical (unpaired) electrons. The largest absolute Gasteiger partial charge is 0.378 e. The standard InChI is InChI=1S/C14H15FN2O2/c1-9-4-12(8-19-9)14(18)17-7-11-3-2-10(6-16)5-13(11)15/h2-3,5,9,12H,4,7-8H2,1H3,(H,17,18). The van der Waals surface area contributed by atoms with Crippen molar-refractivity contribution in [1.82, 2.24) is 5.32 Å². The predicted octanol–water partition coefficient (Wildman–Crippen LogP) is 1.74. The van der Waals surface area contributed by atoms with Crippen LogP contribution in [0.4, 0.5) is 4.39 Å². The number of nitrogens with zero attached hydrogens (tertiary/aromatic N) is 1. The molecular weight excluding hydrogens is 247 g/mol. The molecule has 1 heterocycles. The normalized spacial score (nSPS) is 21.9. The Kier molecular flexibility index (Phi) is 4.13. The van der Waals surface area contributed by atoms with E-state index in [9.17, 15) is 9.18 Å². The van der Waals surface area contributed by atoms with Gasteiger partial charge in [-0.3, -0.25) is 4.79 Å². The number of benzene rings is 1. The Morgan fingerprint density at radius 2 is 2.42 bits per heavy atom. The molecule has 1 aromatic carbocycles. The molecule has 19 heavy (non-hydrogen) atoms. The van der Waals surface area contributed by atoms with E-state index >= 15 is 0 Å². The minimum absolute atomic E-state index is 0.0994. The molecule has 2 atom stereocenters. The Morgan fingerprint density at radius 3 is 3.00 bits per heavy atom. The zero-order chi connectivity index (χ0) is 13.8. The van der Waals surface area contributed by atoms with Gasteiger partial charge in [-0.1, -0.05) is 6.07 Å². The third kappa shape index (κ3) is 3.30. The zero-order valence-corrected chi connectivity index (χ0v) is 10.6. The van der Waals surface area contributed by atoms with E-state index in [1.807, 2.05) is 13.0 Å². The number of halogens is 1. The number of nitriles is 1. The number of hydrogen-bond donors (Lipinski definition) is 1. The number of carbonyl (C=O) groups is 1. The Bertz CT molecular complexity index is 525. The van der Waals surface area contributed by atoms with Gasteiger partial charge in [0.1, 0.15) is 5.82 Å². The Morgan fingerprint density at radius 1 is 1.63 bits per heavy atom. The van der Waals surface area contributed by atoms with Crippen molar-refractivity contribution >= 4 is 5.91 Å². The van der Waals surface area contributed by atoms with Crippen LogP contribution in [-0.4, -0.2) is 18.6 Å². The summed E-state index contributed by atoms with van der Waals surface area (Å²) >= 11 is 0. The van der Waals surface area contributed by atoms with E-state index in [0.29, 0.717) is 18.6 Å². The fraction of sp³-hybridized carbons (Fsp3) is 0.429. The lowest BCUT2D eigenvalue weighted by Gasteiger charge is -2.10. The first kappa shape index (κ1) is 13.5. The van der Waals surface area contributed by atoms with Gasteiger partial charge in [0.05, 0.1) is 30.3 Å². The van der Waals surface area contributed by atoms with Gasteiger partial charge < -0.3 is 10.1 Å². The lowest BCUT2D eigenvalue weighted by atomic mass is 10.1. The average Bonchev–Trinajstić information content (AvgIpc) is 2.83. The van der Waals surface area contributed by atoms with Crippen molar-refractivity contribution in [2.24, 2.45) is 5.92 Å². The van der Waals surface area contributed by atoms with Crippen LogP contribution < -0.4 is 5.32 Å². The highest BCUT2D eigenvalue weighted by molar-refractivity contribution is 5.79. The quantitative estimate of drug-likeness (QED) is 0.902. The lowest BCUT2D eigenvalue weighted by molar-refractivity contribution is -0.125. The number of carbonyl (C=O) groups excluding carboxylic acids is 1. The Labute approximate surface area is 111 Å². The first-order chi connectivity index (χ1) is 9.10. The van der Waals surface area contributed by atoms with Crippen molar-refractivity contribution < 1.29 is 13.9 Å². The molecule has 1 saturated heterocycles. The van der Waals surface area contributed by atoms with Gasteiger partial charge in [0, 0.05) is 12.1 Å². The van der Waals surface area contributed by atoms with E-state index in [4.69, 9.17) is 10.00 Å². The minimum atomic E-state index is -0.476. The number of rotatable bonds is 3. The van der Waals surface area contributed by atoms with Crippen LogP contribution in [0.2, 0.25) is 0 Å². The maximum atomic E-state index is 13.6. The molecular formula is C14H15FN2O2. The van der Waals surface area contributed by atoms with Gasteiger partial charge in [-0.2, -0.15) is 5.26 Å². The van der Waals surface area contributed by atoms with E-state index in [1.165, 1.54) is 18.2 Å². The summed E-state index contributed by atoms with van der Waals surface area (Å²) in [5, 5.41) is 11.3. The summed E-state index contributed by atoms with van der Waals surface area (Å²) in [6.45, 7) is 2.47. The van der Waals surface area contributed by atoms with Crippen LogP contribution in [0.25, 0.3) is 0 Å². The summed E-state index contributed by atoms with van der Waals surface area (Å²) in [5.74, 6) is -0.750. The second kappa shape index (κ2) is 5.81. The molecule has 5 heteroatoms. The van der Waals surface area contributed by atoms with Gasteiger partial charge in [-0.05, 0) is 25.5 Å². The van der Waals surface area contributed by atoms with Crippen LogP contribution in [0, 0.1) is 23.1 Å². The molecule has 0 bridgehead atoms. The van der Waals surface area contributed by atoms with Crippen LogP contribution >= 0.6 is 0 Å². The van der Waals surface area contributed by atoms with Gasteiger partial charge in [0.15, 0.2) is 0 Å². The van der Waals surface area contributed by atoms with Crippen molar-refractivity contribution in [2.75, 3.05) is 6.61 Å². The van der Waals surface area contributed by atoms with Gasteiger partial charge in [0.2, 0.25) is 5.91 Å². The van der Waals surface area contributed by atoms with Crippen LogP contribution in [0.15, 0.2) is 18.2 Å². The maximum absolute atomic E-state index is 13.6. The number of amides is 1. The van der Waals surface area contributed by atoms with Gasteiger partial charge in [-0.15, -0.1) is 0 Å². The van der Waals surface area contributed by atoms with Crippen LogP contribution in [0.5, 0.6) is 0 Å². The summed E-state index contributed by atoms with van der Waals surface area (Å²) in [6.07, 6.45) is 0.796. The van der Waals surface area contributed by atoms with Gasteiger partial charge >= 0.3 is 0 Å². The molecule has 1 aliphatic rings. The van der Waals surface area contributed by atoms with Gasteiger partial charge in [-0.25, -0.2) is 4.39 Å². The van der Waals surface area contributed by atoms with Crippen LogP contribution in [0.3, 0.4) is 0 Å². The Hall–Kier alpha value is -1.93. The number of nitrogens with one attached hydrogen (secondary N) is 1. The van der Waals surface area contributed by atoms with Crippen LogP contribution in [0.1, 0.15) is 24.5 Å². The molecule has 0 aromatic heterocycles. The maximum Gasteiger partial charge on any atom is 0.225 e. The topological polar surface area (TPSA) is 62.1 Å². The fourth-order valence-corrected chi connectivity index (χ4v) is 2.09. The second-order valence-electron chi connectivity index (χ2n) is 4.71. The average molecular weight is 262 g/mol.